The smallest absolute Gasteiger partial charge is 0.339 e. The minimum absolute atomic E-state index is 0.0541. The number of carbonyl (C=O) groups is 3. The lowest BCUT2D eigenvalue weighted by Gasteiger charge is -2.11. The Morgan fingerprint density at radius 3 is 2.37 bits per heavy atom. The van der Waals surface area contributed by atoms with E-state index in [1.54, 1.807) is 30.3 Å². The van der Waals surface area contributed by atoms with Gasteiger partial charge in [0.15, 0.2) is 6.61 Å². The SMILES string of the molecule is CC(C)NC(=O)CSc1ccccc1C(=O)OCC(=O)c1cccc2ccccc12. The third-order valence-electron chi connectivity index (χ3n) is 4.34. The summed E-state index contributed by atoms with van der Waals surface area (Å²) >= 11 is 1.26. The second-order valence-electron chi connectivity index (χ2n) is 7.03. The van der Waals surface area contributed by atoms with Crippen LogP contribution in [0.2, 0.25) is 0 Å². The molecule has 0 aromatic heterocycles. The van der Waals surface area contributed by atoms with E-state index in [1.165, 1.54) is 11.8 Å². The first-order valence-corrected chi connectivity index (χ1v) is 10.6. The molecule has 0 heterocycles. The Hall–Kier alpha value is -3.12. The first kappa shape index (κ1) is 21.6. The molecule has 154 valence electrons. The Balaban J connectivity index is 1.66. The van der Waals surface area contributed by atoms with E-state index >= 15 is 0 Å². The topological polar surface area (TPSA) is 72.5 Å². The van der Waals surface area contributed by atoms with E-state index < -0.39 is 5.97 Å². The predicted molar refractivity (Wildman–Crippen MR) is 119 cm³/mol. The van der Waals surface area contributed by atoms with Gasteiger partial charge >= 0.3 is 5.97 Å². The van der Waals surface area contributed by atoms with Gasteiger partial charge in [-0.3, -0.25) is 9.59 Å². The van der Waals surface area contributed by atoms with Crippen molar-refractivity contribution in [3.8, 4) is 0 Å². The fraction of sp³-hybridized carbons (Fsp3) is 0.208. The zero-order chi connectivity index (χ0) is 21.5. The second kappa shape index (κ2) is 10.1. The molecule has 0 aliphatic heterocycles. The lowest BCUT2D eigenvalue weighted by atomic mass is 10.0. The van der Waals surface area contributed by atoms with Crippen molar-refractivity contribution < 1.29 is 19.1 Å². The number of fused-ring (bicyclic) bond motifs is 1. The van der Waals surface area contributed by atoms with E-state index in [0.717, 1.165) is 10.8 Å². The first-order chi connectivity index (χ1) is 14.5. The Bertz CT molecular complexity index is 1070. The molecular formula is C24H23NO4S. The van der Waals surface area contributed by atoms with E-state index in [0.29, 0.717) is 16.0 Å². The van der Waals surface area contributed by atoms with Gasteiger partial charge in [-0.1, -0.05) is 54.6 Å². The highest BCUT2D eigenvalue weighted by molar-refractivity contribution is 8.00. The van der Waals surface area contributed by atoms with Crippen LogP contribution in [0, 0.1) is 0 Å². The molecule has 0 unspecified atom stereocenters. The molecule has 0 fully saturated rings. The van der Waals surface area contributed by atoms with Crippen LogP contribution >= 0.6 is 11.8 Å². The third-order valence-corrected chi connectivity index (χ3v) is 5.41. The molecule has 0 radical (unpaired) electrons. The molecule has 6 heteroatoms. The van der Waals surface area contributed by atoms with Gasteiger partial charge < -0.3 is 10.1 Å². The summed E-state index contributed by atoms with van der Waals surface area (Å²) < 4.78 is 5.30. The van der Waals surface area contributed by atoms with Gasteiger partial charge in [-0.2, -0.15) is 0 Å². The Morgan fingerprint density at radius 2 is 1.57 bits per heavy atom. The minimum Gasteiger partial charge on any atom is -0.454 e. The molecule has 0 atom stereocenters. The number of esters is 1. The van der Waals surface area contributed by atoms with Gasteiger partial charge in [-0.05, 0) is 36.8 Å². The number of ketones is 1. The number of rotatable bonds is 8. The van der Waals surface area contributed by atoms with Crippen molar-refractivity contribution in [2.75, 3.05) is 12.4 Å². The van der Waals surface area contributed by atoms with Gasteiger partial charge in [0.2, 0.25) is 11.7 Å². The van der Waals surface area contributed by atoms with Crippen LogP contribution in [-0.4, -0.2) is 36.1 Å². The zero-order valence-electron chi connectivity index (χ0n) is 16.9. The molecule has 5 nitrogen and oxygen atoms in total. The molecule has 3 rings (SSSR count). The molecule has 1 amide bonds. The summed E-state index contributed by atoms with van der Waals surface area (Å²) in [5, 5.41) is 4.60. The van der Waals surface area contributed by atoms with Crippen LogP contribution in [-0.2, 0) is 9.53 Å². The van der Waals surface area contributed by atoms with Crippen molar-refractivity contribution in [2.45, 2.75) is 24.8 Å². The van der Waals surface area contributed by atoms with E-state index in [-0.39, 0.29) is 30.1 Å². The molecule has 0 saturated carbocycles. The summed E-state index contributed by atoms with van der Waals surface area (Å²) in [5.41, 5.74) is 0.861. The number of hydrogen-bond acceptors (Lipinski definition) is 5. The molecule has 0 spiro atoms. The van der Waals surface area contributed by atoms with Crippen molar-refractivity contribution >= 4 is 40.2 Å². The number of nitrogens with one attached hydrogen (secondary N) is 1. The maximum atomic E-state index is 12.7. The molecule has 1 N–H and O–H groups in total. The van der Waals surface area contributed by atoms with Crippen molar-refractivity contribution in [1.82, 2.24) is 5.32 Å². The van der Waals surface area contributed by atoms with E-state index in [4.69, 9.17) is 4.74 Å². The van der Waals surface area contributed by atoms with Crippen LogP contribution in [0.3, 0.4) is 0 Å². The lowest BCUT2D eigenvalue weighted by molar-refractivity contribution is -0.119. The van der Waals surface area contributed by atoms with Crippen LogP contribution in [0.1, 0.15) is 34.6 Å². The summed E-state index contributed by atoms with van der Waals surface area (Å²) in [6, 6.07) is 20.0. The molecule has 3 aromatic rings. The van der Waals surface area contributed by atoms with Crippen LogP contribution in [0.4, 0.5) is 0 Å². The van der Waals surface area contributed by atoms with Crippen LogP contribution in [0.5, 0.6) is 0 Å². The summed E-state index contributed by atoms with van der Waals surface area (Å²) in [6.07, 6.45) is 0. The minimum atomic E-state index is -0.587. The maximum Gasteiger partial charge on any atom is 0.339 e. The lowest BCUT2D eigenvalue weighted by Crippen LogP contribution is -2.31. The van der Waals surface area contributed by atoms with E-state index in [2.05, 4.69) is 5.32 Å². The molecule has 0 bridgehead atoms. The fourth-order valence-electron chi connectivity index (χ4n) is 3.02. The van der Waals surface area contributed by atoms with Gasteiger partial charge in [0, 0.05) is 16.5 Å². The van der Waals surface area contributed by atoms with Gasteiger partial charge in [0.05, 0.1) is 11.3 Å². The van der Waals surface area contributed by atoms with Gasteiger partial charge in [-0.25, -0.2) is 4.79 Å². The highest BCUT2D eigenvalue weighted by Crippen LogP contribution is 2.24. The summed E-state index contributed by atoms with van der Waals surface area (Å²) in [4.78, 5) is 37.8. The van der Waals surface area contributed by atoms with E-state index in [1.807, 2.05) is 50.2 Å². The average Bonchev–Trinajstić information content (AvgIpc) is 2.75. The van der Waals surface area contributed by atoms with Crippen LogP contribution in [0.25, 0.3) is 10.8 Å². The van der Waals surface area contributed by atoms with Crippen molar-refractivity contribution in [1.29, 1.82) is 0 Å². The molecule has 0 aliphatic rings. The van der Waals surface area contributed by atoms with Crippen molar-refractivity contribution in [2.24, 2.45) is 0 Å². The highest BCUT2D eigenvalue weighted by Gasteiger charge is 2.17. The maximum absolute atomic E-state index is 12.7. The number of benzene rings is 3. The number of carbonyl (C=O) groups excluding carboxylic acids is 3. The number of amides is 1. The largest absolute Gasteiger partial charge is 0.454 e. The highest BCUT2D eigenvalue weighted by atomic mass is 32.2. The summed E-state index contributed by atoms with van der Waals surface area (Å²) in [7, 11) is 0. The molecular weight excluding hydrogens is 398 g/mol. The Labute approximate surface area is 179 Å². The van der Waals surface area contributed by atoms with E-state index in [9.17, 15) is 14.4 Å². The number of thioether (sulfide) groups is 1. The quantitative estimate of drug-likeness (QED) is 0.329. The fourth-order valence-corrected chi connectivity index (χ4v) is 3.87. The van der Waals surface area contributed by atoms with Gasteiger partial charge in [0.25, 0.3) is 0 Å². The zero-order valence-corrected chi connectivity index (χ0v) is 17.7. The average molecular weight is 422 g/mol. The second-order valence-corrected chi connectivity index (χ2v) is 8.05. The molecule has 0 saturated heterocycles. The van der Waals surface area contributed by atoms with Crippen LogP contribution < -0.4 is 5.32 Å². The molecule has 3 aromatic carbocycles. The number of Topliss-reactive ketones (excluding diaryl/α,β-unsaturated/α-hetero) is 1. The standard InChI is InChI=1S/C24H23NO4S/c1-16(2)25-23(27)15-30-22-13-6-5-11-20(22)24(28)29-14-21(26)19-12-7-9-17-8-3-4-10-18(17)19/h3-13,16H,14-15H2,1-2H3,(H,25,27). The molecule has 0 aliphatic carbocycles. The monoisotopic (exact) mass is 421 g/mol. The van der Waals surface area contributed by atoms with Crippen molar-refractivity contribution in [3.63, 3.8) is 0 Å². The Kier molecular flexibility index (Phi) is 7.25. The first-order valence-electron chi connectivity index (χ1n) is 9.65. The van der Waals surface area contributed by atoms with Gasteiger partial charge in [-0.15, -0.1) is 11.8 Å². The third kappa shape index (κ3) is 5.48. The van der Waals surface area contributed by atoms with Crippen LogP contribution in [0.15, 0.2) is 71.6 Å². The normalized spacial score (nSPS) is 10.8. The van der Waals surface area contributed by atoms with Gasteiger partial charge in [0.1, 0.15) is 0 Å². The predicted octanol–water partition coefficient (Wildman–Crippen LogP) is 4.50. The van der Waals surface area contributed by atoms with Crippen molar-refractivity contribution in [3.05, 3.63) is 77.9 Å². The summed E-state index contributed by atoms with van der Waals surface area (Å²) in [5.74, 6) is -0.765. The number of ether oxygens (including phenoxy) is 1. The Morgan fingerprint density at radius 1 is 0.900 bits per heavy atom. The number of hydrogen-bond donors (Lipinski definition) is 1. The molecule has 30 heavy (non-hydrogen) atoms. The summed E-state index contributed by atoms with van der Waals surface area (Å²) in [6.45, 7) is 3.43.